The van der Waals surface area contributed by atoms with Crippen LogP contribution in [0.3, 0.4) is 0 Å². The molecule has 27 heavy (non-hydrogen) atoms. The van der Waals surface area contributed by atoms with E-state index >= 15 is 0 Å². The van der Waals surface area contributed by atoms with Gasteiger partial charge in [0.05, 0.1) is 20.3 Å². The highest BCUT2D eigenvalue weighted by Gasteiger charge is 2.24. The normalized spacial score (nSPS) is 17.2. The van der Waals surface area contributed by atoms with E-state index in [1.807, 2.05) is 37.4 Å². The van der Waals surface area contributed by atoms with Gasteiger partial charge in [0.2, 0.25) is 5.88 Å². The Bertz CT molecular complexity index is 736. The molecule has 2 aromatic rings. The summed E-state index contributed by atoms with van der Waals surface area (Å²) in [5, 5.41) is 3.43. The van der Waals surface area contributed by atoms with Crippen LogP contribution in [0.1, 0.15) is 17.5 Å². The van der Waals surface area contributed by atoms with Crippen molar-refractivity contribution in [1.82, 2.24) is 15.2 Å². The van der Waals surface area contributed by atoms with Crippen LogP contribution in [0.15, 0.2) is 53.7 Å². The molecular weight excluding hydrogens is 340 g/mol. The number of guanidine groups is 1. The van der Waals surface area contributed by atoms with Gasteiger partial charge in [-0.15, -0.1) is 0 Å². The minimum atomic E-state index is 0.535. The van der Waals surface area contributed by atoms with Crippen molar-refractivity contribution in [3.05, 3.63) is 59.8 Å². The molecule has 0 bridgehead atoms. The van der Waals surface area contributed by atoms with Crippen LogP contribution in [0, 0.1) is 5.92 Å². The van der Waals surface area contributed by atoms with Crippen molar-refractivity contribution in [3.8, 4) is 5.88 Å². The Balaban J connectivity index is 1.43. The maximum atomic E-state index is 5.91. The Labute approximate surface area is 161 Å². The predicted octanol–water partition coefficient (Wildman–Crippen LogP) is 2.70. The van der Waals surface area contributed by atoms with E-state index in [1.54, 1.807) is 13.3 Å². The van der Waals surface area contributed by atoms with Gasteiger partial charge in [0.25, 0.3) is 0 Å². The summed E-state index contributed by atoms with van der Waals surface area (Å²) in [5.74, 6) is 2.09. The number of aromatic nitrogens is 1. The van der Waals surface area contributed by atoms with Gasteiger partial charge in [-0.2, -0.15) is 0 Å². The van der Waals surface area contributed by atoms with E-state index in [-0.39, 0.29) is 0 Å². The summed E-state index contributed by atoms with van der Waals surface area (Å²) in [4.78, 5) is 10.9. The zero-order valence-electron chi connectivity index (χ0n) is 16.1. The smallest absolute Gasteiger partial charge is 0.213 e. The van der Waals surface area contributed by atoms with Crippen molar-refractivity contribution < 1.29 is 9.47 Å². The highest BCUT2D eigenvalue weighted by atomic mass is 16.5. The third-order valence-corrected chi connectivity index (χ3v) is 4.72. The predicted molar refractivity (Wildman–Crippen MR) is 107 cm³/mol. The number of likely N-dealkylation sites (tertiary alicyclic amines) is 1. The van der Waals surface area contributed by atoms with Crippen LogP contribution in [-0.2, 0) is 17.9 Å². The molecule has 0 aliphatic carbocycles. The topological polar surface area (TPSA) is 59.0 Å². The molecule has 1 aliphatic rings. The average Bonchev–Trinajstić information content (AvgIpc) is 3.18. The molecule has 1 aliphatic heterocycles. The number of nitrogens with one attached hydrogen (secondary N) is 1. The molecule has 1 unspecified atom stereocenters. The Morgan fingerprint density at radius 2 is 2.11 bits per heavy atom. The summed E-state index contributed by atoms with van der Waals surface area (Å²) in [6.07, 6.45) is 2.88. The van der Waals surface area contributed by atoms with Crippen LogP contribution in [0.2, 0.25) is 0 Å². The lowest BCUT2D eigenvalue weighted by molar-refractivity contribution is 0.0906. The molecule has 6 heteroatoms. The number of aliphatic imine (C=N–C) groups is 1. The molecule has 0 spiro atoms. The second kappa shape index (κ2) is 9.92. The van der Waals surface area contributed by atoms with Gasteiger partial charge >= 0.3 is 0 Å². The number of benzene rings is 1. The number of methoxy groups -OCH3 is 1. The van der Waals surface area contributed by atoms with Crippen molar-refractivity contribution in [2.45, 2.75) is 19.6 Å². The van der Waals surface area contributed by atoms with Gasteiger partial charge in [0.1, 0.15) is 0 Å². The van der Waals surface area contributed by atoms with Gasteiger partial charge in [0, 0.05) is 44.9 Å². The molecule has 144 valence electrons. The van der Waals surface area contributed by atoms with Gasteiger partial charge in [-0.05, 0) is 23.6 Å². The van der Waals surface area contributed by atoms with Crippen LogP contribution < -0.4 is 10.1 Å². The summed E-state index contributed by atoms with van der Waals surface area (Å²) >= 11 is 0. The van der Waals surface area contributed by atoms with Crippen molar-refractivity contribution in [2.75, 3.05) is 33.9 Å². The molecule has 1 aromatic carbocycles. The Morgan fingerprint density at radius 3 is 2.89 bits per heavy atom. The van der Waals surface area contributed by atoms with Gasteiger partial charge in [-0.3, -0.25) is 4.99 Å². The lowest BCUT2D eigenvalue weighted by Crippen LogP contribution is -2.39. The first-order valence-corrected chi connectivity index (χ1v) is 9.34. The van der Waals surface area contributed by atoms with Crippen LogP contribution in [0.5, 0.6) is 5.88 Å². The number of hydrogen-bond acceptors (Lipinski definition) is 4. The maximum absolute atomic E-state index is 5.91. The summed E-state index contributed by atoms with van der Waals surface area (Å²) in [5.41, 5.74) is 2.34. The minimum Gasteiger partial charge on any atom is -0.481 e. The van der Waals surface area contributed by atoms with E-state index in [2.05, 4.69) is 32.3 Å². The first-order chi connectivity index (χ1) is 13.3. The SMILES string of the molecule is CN=C(NCc1ccnc(OC)c1)N1CCC(COCc2ccccc2)C1. The number of rotatable bonds is 7. The second-order valence-electron chi connectivity index (χ2n) is 6.71. The number of ether oxygens (including phenoxy) is 2. The van der Waals surface area contributed by atoms with Crippen molar-refractivity contribution in [3.63, 3.8) is 0 Å². The van der Waals surface area contributed by atoms with Gasteiger partial charge in [-0.1, -0.05) is 30.3 Å². The fourth-order valence-electron chi connectivity index (χ4n) is 3.26. The molecule has 1 N–H and O–H groups in total. The molecule has 6 nitrogen and oxygen atoms in total. The average molecular weight is 368 g/mol. The molecular formula is C21H28N4O2. The molecule has 2 heterocycles. The summed E-state index contributed by atoms with van der Waals surface area (Å²) < 4.78 is 11.1. The molecule has 1 aromatic heterocycles. The van der Waals surface area contributed by atoms with E-state index in [0.717, 1.165) is 37.6 Å². The Morgan fingerprint density at radius 1 is 1.26 bits per heavy atom. The van der Waals surface area contributed by atoms with Crippen LogP contribution in [0.25, 0.3) is 0 Å². The maximum Gasteiger partial charge on any atom is 0.213 e. The van der Waals surface area contributed by atoms with E-state index in [4.69, 9.17) is 9.47 Å². The minimum absolute atomic E-state index is 0.535. The third-order valence-electron chi connectivity index (χ3n) is 4.72. The van der Waals surface area contributed by atoms with Gasteiger partial charge in [0.15, 0.2) is 5.96 Å². The highest BCUT2D eigenvalue weighted by molar-refractivity contribution is 5.80. The van der Waals surface area contributed by atoms with Crippen molar-refractivity contribution >= 4 is 5.96 Å². The van der Waals surface area contributed by atoms with Crippen LogP contribution in [0.4, 0.5) is 0 Å². The van der Waals surface area contributed by atoms with E-state index in [9.17, 15) is 0 Å². The Kier molecular flexibility index (Phi) is 7.04. The number of nitrogens with zero attached hydrogens (tertiary/aromatic N) is 3. The first kappa shape index (κ1) is 19.2. The van der Waals surface area contributed by atoms with E-state index in [0.29, 0.717) is 24.9 Å². The number of pyridine rings is 1. The monoisotopic (exact) mass is 368 g/mol. The molecule has 0 amide bonds. The first-order valence-electron chi connectivity index (χ1n) is 9.34. The Hall–Kier alpha value is -2.60. The molecule has 3 rings (SSSR count). The number of hydrogen-bond donors (Lipinski definition) is 1. The van der Waals surface area contributed by atoms with Crippen molar-refractivity contribution in [1.29, 1.82) is 0 Å². The third kappa shape index (κ3) is 5.69. The molecule has 0 saturated carbocycles. The molecule has 1 saturated heterocycles. The van der Waals surface area contributed by atoms with Crippen LogP contribution in [-0.4, -0.2) is 49.7 Å². The molecule has 1 fully saturated rings. The van der Waals surface area contributed by atoms with Crippen molar-refractivity contribution in [2.24, 2.45) is 10.9 Å². The lowest BCUT2D eigenvalue weighted by atomic mass is 10.1. The second-order valence-corrected chi connectivity index (χ2v) is 6.71. The lowest BCUT2D eigenvalue weighted by Gasteiger charge is -2.22. The summed E-state index contributed by atoms with van der Waals surface area (Å²) in [6.45, 7) is 4.11. The highest BCUT2D eigenvalue weighted by Crippen LogP contribution is 2.17. The summed E-state index contributed by atoms with van der Waals surface area (Å²) in [6, 6.07) is 14.2. The van der Waals surface area contributed by atoms with E-state index < -0.39 is 0 Å². The van der Waals surface area contributed by atoms with Gasteiger partial charge < -0.3 is 19.7 Å². The zero-order valence-corrected chi connectivity index (χ0v) is 16.1. The van der Waals surface area contributed by atoms with Crippen LogP contribution >= 0.6 is 0 Å². The van der Waals surface area contributed by atoms with Gasteiger partial charge in [-0.25, -0.2) is 4.98 Å². The quantitative estimate of drug-likeness (QED) is 0.601. The molecule has 0 radical (unpaired) electrons. The summed E-state index contributed by atoms with van der Waals surface area (Å²) in [7, 11) is 3.46. The standard InChI is InChI=1S/C21H28N4O2/c1-22-21(24-13-18-8-10-23-20(12-18)26-2)25-11-9-19(14-25)16-27-15-17-6-4-3-5-7-17/h3-8,10,12,19H,9,11,13-16H2,1-2H3,(H,22,24). The largest absolute Gasteiger partial charge is 0.481 e. The van der Waals surface area contributed by atoms with E-state index in [1.165, 1.54) is 5.56 Å². The molecule has 1 atom stereocenters. The fraction of sp³-hybridized carbons (Fsp3) is 0.429. The fourth-order valence-corrected chi connectivity index (χ4v) is 3.26. The zero-order chi connectivity index (χ0) is 18.9.